The molecule has 4 aromatic rings. The number of hydrogen-bond donors (Lipinski definition) is 4. The molecular formula is C23H20Cl2N8O3S. The van der Waals surface area contributed by atoms with Crippen LogP contribution in [0.25, 0.3) is 0 Å². The second-order valence-electron chi connectivity index (χ2n) is 7.40. The number of primary sulfonamides is 1. The molecule has 0 spiro atoms. The van der Waals surface area contributed by atoms with Crippen LogP contribution < -0.4 is 25.9 Å². The molecule has 11 nitrogen and oxygen atoms in total. The summed E-state index contributed by atoms with van der Waals surface area (Å²) in [6, 6.07) is 18.1. The van der Waals surface area contributed by atoms with Crippen molar-refractivity contribution in [2.75, 3.05) is 23.2 Å². The summed E-state index contributed by atoms with van der Waals surface area (Å²) in [5.41, 5.74) is 4.71. The summed E-state index contributed by atoms with van der Waals surface area (Å²) < 4.78 is 28.2. The lowest BCUT2D eigenvalue weighted by atomic mass is 10.2. The zero-order valence-corrected chi connectivity index (χ0v) is 21.5. The Balaban J connectivity index is 1.59. The van der Waals surface area contributed by atoms with Crippen molar-refractivity contribution in [3.8, 4) is 5.75 Å². The van der Waals surface area contributed by atoms with E-state index in [4.69, 9.17) is 33.1 Å². The topological polar surface area (TPSA) is 157 Å². The molecule has 0 aliphatic rings. The normalized spacial score (nSPS) is 11.4. The lowest BCUT2D eigenvalue weighted by Gasteiger charge is -2.11. The van der Waals surface area contributed by atoms with Crippen LogP contribution in [0.15, 0.2) is 76.7 Å². The monoisotopic (exact) mass is 558 g/mol. The minimum Gasteiger partial charge on any atom is -0.497 e. The molecule has 1 heterocycles. The van der Waals surface area contributed by atoms with E-state index in [9.17, 15) is 8.42 Å². The fourth-order valence-electron chi connectivity index (χ4n) is 2.96. The average Bonchev–Trinajstić information content (AvgIpc) is 2.86. The predicted octanol–water partition coefficient (Wildman–Crippen LogP) is 4.77. The maximum atomic E-state index is 11.5. The Kier molecular flexibility index (Phi) is 8.04. The highest BCUT2D eigenvalue weighted by Gasteiger charge is 2.10. The number of hydrogen-bond acceptors (Lipinski definition) is 10. The van der Waals surface area contributed by atoms with E-state index in [0.29, 0.717) is 32.7 Å². The van der Waals surface area contributed by atoms with Gasteiger partial charge >= 0.3 is 0 Å². The standard InChI is InChI=1S/C23H20Cl2N8O3S/c1-36-17-7-3-15(4-8-17)28-21-30-22(29-16-5-9-18(10-6-16)37(26,34)35)32-23(31-21)33-27-13-14-2-11-19(24)20(25)12-14/h2-13H,1H3,(H2,26,34,35)(H3,28,29,30,31,32,33)/b27-13+. The van der Waals surface area contributed by atoms with Crippen LogP contribution in [0.3, 0.4) is 0 Å². The van der Waals surface area contributed by atoms with Crippen molar-refractivity contribution in [2.24, 2.45) is 10.2 Å². The van der Waals surface area contributed by atoms with E-state index in [-0.39, 0.29) is 22.7 Å². The Hall–Kier alpha value is -3.97. The summed E-state index contributed by atoms with van der Waals surface area (Å²) in [5.74, 6) is 1.22. The van der Waals surface area contributed by atoms with Gasteiger partial charge in [0.25, 0.3) is 0 Å². The van der Waals surface area contributed by atoms with Gasteiger partial charge in [-0.15, -0.1) is 0 Å². The third-order valence-electron chi connectivity index (χ3n) is 4.74. The molecule has 0 saturated heterocycles. The summed E-state index contributed by atoms with van der Waals surface area (Å²) in [7, 11) is -2.23. The maximum Gasteiger partial charge on any atom is 0.250 e. The number of benzene rings is 3. The highest BCUT2D eigenvalue weighted by molar-refractivity contribution is 7.89. The van der Waals surface area contributed by atoms with Crippen molar-refractivity contribution in [2.45, 2.75) is 4.90 Å². The zero-order valence-electron chi connectivity index (χ0n) is 19.2. The van der Waals surface area contributed by atoms with Crippen LogP contribution in [0.1, 0.15) is 5.56 Å². The van der Waals surface area contributed by atoms with Gasteiger partial charge in [0, 0.05) is 11.4 Å². The van der Waals surface area contributed by atoms with Crippen LogP contribution in [0, 0.1) is 0 Å². The molecule has 0 amide bonds. The van der Waals surface area contributed by atoms with Gasteiger partial charge in [-0.2, -0.15) is 20.1 Å². The molecule has 0 atom stereocenters. The Bertz CT molecular complexity index is 1530. The number of nitrogens with two attached hydrogens (primary N) is 1. The summed E-state index contributed by atoms with van der Waals surface area (Å²) in [6.07, 6.45) is 1.53. The van der Waals surface area contributed by atoms with Crippen molar-refractivity contribution < 1.29 is 13.2 Å². The van der Waals surface area contributed by atoms with Crippen LogP contribution in [-0.2, 0) is 10.0 Å². The largest absolute Gasteiger partial charge is 0.497 e. The molecule has 14 heteroatoms. The van der Waals surface area contributed by atoms with Crippen molar-refractivity contribution in [1.29, 1.82) is 0 Å². The van der Waals surface area contributed by atoms with E-state index in [2.05, 4.69) is 36.1 Å². The Morgan fingerprint density at radius 3 is 1.95 bits per heavy atom. The molecule has 1 aromatic heterocycles. The molecule has 0 aliphatic carbocycles. The molecule has 0 saturated carbocycles. The van der Waals surface area contributed by atoms with E-state index in [1.165, 1.54) is 30.5 Å². The number of anilines is 5. The Labute approximate surface area is 222 Å². The smallest absolute Gasteiger partial charge is 0.250 e. The summed E-state index contributed by atoms with van der Waals surface area (Å²) in [6.45, 7) is 0. The van der Waals surface area contributed by atoms with E-state index in [1.54, 1.807) is 49.6 Å². The lowest BCUT2D eigenvalue weighted by molar-refractivity contribution is 0.415. The molecule has 5 N–H and O–H groups in total. The fraction of sp³-hybridized carbons (Fsp3) is 0.0435. The Morgan fingerprint density at radius 1 is 0.838 bits per heavy atom. The molecule has 37 heavy (non-hydrogen) atoms. The highest BCUT2D eigenvalue weighted by Crippen LogP contribution is 2.23. The van der Waals surface area contributed by atoms with Gasteiger partial charge < -0.3 is 15.4 Å². The zero-order chi connectivity index (χ0) is 26.4. The van der Waals surface area contributed by atoms with Crippen molar-refractivity contribution in [1.82, 2.24) is 15.0 Å². The number of aromatic nitrogens is 3. The number of methoxy groups -OCH3 is 1. The number of ether oxygens (including phenoxy) is 1. The molecule has 0 unspecified atom stereocenters. The lowest BCUT2D eigenvalue weighted by Crippen LogP contribution is -2.12. The number of rotatable bonds is 9. The second-order valence-corrected chi connectivity index (χ2v) is 9.77. The van der Waals surface area contributed by atoms with Crippen LogP contribution in [0.5, 0.6) is 5.75 Å². The first kappa shape index (κ1) is 26.1. The minimum atomic E-state index is -3.81. The molecule has 0 fully saturated rings. The van der Waals surface area contributed by atoms with Crippen molar-refractivity contribution in [3.05, 3.63) is 82.3 Å². The summed E-state index contributed by atoms with van der Waals surface area (Å²) in [4.78, 5) is 13.0. The molecule has 4 rings (SSSR count). The summed E-state index contributed by atoms with van der Waals surface area (Å²) >= 11 is 12.0. The number of hydrazone groups is 1. The van der Waals surface area contributed by atoms with Crippen molar-refractivity contribution >= 4 is 68.7 Å². The molecular weight excluding hydrogens is 539 g/mol. The maximum absolute atomic E-state index is 11.5. The minimum absolute atomic E-state index is 0.0189. The van der Waals surface area contributed by atoms with Gasteiger partial charge in [0.1, 0.15) is 5.75 Å². The van der Waals surface area contributed by atoms with Crippen LogP contribution >= 0.6 is 23.2 Å². The van der Waals surface area contributed by atoms with Gasteiger partial charge in [-0.25, -0.2) is 19.0 Å². The fourth-order valence-corrected chi connectivity index (χ4v) is 3.78. The molecule has 3 aromatic carbocycles. The predicted molar refractivity (Wildman–Crippen MR) is 145 cm³/mol. The van der Waals surface area contributed by atoms with E-state index < -0.39 is 10.0 Å². The first-order valence-corrected chi connectivity index (χ1v) is 12.8. The molecule has 190 valence electrons. The number of nitrogens with one attached hydrogen (secondary N) is 3. The van der Waals surface area contributed by atoms with E-state index in [1.807, 2.05) is 0 Å². The van der Waals surface area contributed by atoms with Gasteiger partial charge in [0.15, 0.2) is 0 Å². The van der Waals surface area contributed by atoms with Gasteiger partial charge in [-0.3, -0.25) is 0 Å². The summed E-state index contributed by atoms with van der Waals surface area (Å²) in [5, 5.41) is 16.3. The average molecular weight is 559 g/mol. The number of nitrogens with zero attached hydrogens (tertiary/aromatic N) is 4. The third kappa shape index (κ3) is 7.27. The van der Waals surface area contributed by atoms with Gasteiger partial charge in [-0.05, 0) is 66.2 Å². The third-order valence-corrected chi connectivity index (χ3v) is 6.41. The number of halogens is 2. The van der Waals surface area contributed by atoms with Crippen LogP contribution in [0.4, 0.5) is 29.2 Å². The molecule has 0 radical (unpaired) electrons. The SMILES string of the molecule is COc1ccc(Nc2nc(N/N=C/c3ccc(Cl)c(Cl)c3)nc(Nc3ccc(S(N)(=O)=O)cc3)n2)cc1. The number of sulfonamides is 1. The second kappa shape index (κ2) is 11.4. The highest BCUT2D eigenvalue weighted by atomic mass is 35.5. The van der Waals surface area contributed by atoms with Crippen LogP contribution in [0.2, 0.25) is 10.0 Å². The van der Waals surface area contributed by atoms with Crippen molar-refractivity contribution in [3.63, 3.8) is 0 Å². The molecule has 0 bridgehead atoms. The van der Waals surface area contributed by atoms with Gasteiger partial charge in [-0.1, -0.05) is 29.3 Å². The quantitative estimate of drug-likeness (QED) is 0.168. The molecule has 0 aliphatic heterocycles. The first-order valence-electron chi connectivity index (χ1n) is 10.5. The first-order chi connectivity index (χ1) is 17.7. The Morgan fingerprint density at radius 2 is 1.41 bits per heavy atom. The van der Waals surface area contributed by atoms with E-state index in [0.717, 1.165) is 0 Å². The van der Waals surface area contributed by atoms with E-state index >= 15 is 0 Å². The van der Waals surface area contributed by atoms with Gasteiger partial charge in [0.2, 0.25) is 27.9 Å². The van der Waals surface area contributed by atoms with Gasteiger partial charge in [0.05, 0.1) is 28.3 Å². The van der Waals surface area contributed by atoms with Crippen LogP contribution in [-0.4, -0.2) is 36.7 Å².